The molecule has 1 aliphatic heterocycles. The summed E-state index contributed by atoms with van der Waals surface area (Å²) >= 11 is 0. The third-order valence-corrected chi connectivity index (χ3v) is 10.8. The predicted molar refractivity (Wildman–Crippen MR) is 219 cm³/mol. The minimum Gasteiger partial charge on any atom is -0.490 e. The maximum atomic E-state index is 12.6. The number of aryl methyl sites for hydroxylation is 1. The smallest absolute Gasteiger partial charge is 0.330 e. The Morgan fingerprint density at radius 3 is 2.68 bits per heavy atom. The number of aliphatic imine (C=N–C) groups is 1. The fraction of sp³-hybridized carbons (Fsp3) is 0.429. The summed E-state index contributed by atoms with van der Waals surface area (Å²) in [5.74, 6) is 0.772. The van der Waals surface area contributed by atoms with Gasteiger partial charge in [-0.1, -0.05) is 66.8 Å². The number of benzene rings is 3. The number of aliphatic hydroxyl groups is 1. The molecule has 10 nitrogen and oxygen atoms in total. The highest BCUT2D eigenvalue weighted by Crippen LogP contribution is 2.48. The molecule has 286 valence electrons. The Bertz CT molecular complexity index is 1740. The van der Waals surface area contributed by atoms with Crippen LogP contribution in [0.3, 0.4) is 0 Å². The lowest BCUT2D eigenvalue weighted by atomic mass is 9.98. The van der Waals surface area contributed by atoms with Crippen molar-refractivity contribution in [3.8, 4) is 5.75 Å². The van der Waals surface area contributed by atoms with Crippen LogP contribution in [0.4, 0.5) is 5.69 Å². The van der Waals surface area contributed by atoms with Gasteiger partial charge < -0.3 is 34.4 Å². The van der Waals surface area contributed by atoms with Crippen LogP contribution in [0.25, 0.3) is 16.8 Å². The first-order valence-corrected chi connectivity index (χ1v) is 20.6. The van der Waals surface area contributed by atoms with Crippen molar-refractivity contribution >= 4 is 42.3 Å². The van der Waals surface area contributed by atoms with Gasteiger partial charge in [0.2, 0.25) is 5.91 Å². The fourth-order valence-electron chi connectivity index (χ4n) is 6.16. The van der Waals surface area contributed by atoms with Crippen molar-refractivity contribution in [2.24, 2.45) is 4.99 Å². The molecule has 0 bridgehead atoms. The molecule has 3 N–H and O–H groups in total. The van der Waals surface area contributed by atoms with Crippen molar-refractivity contribution in [1.29, 1.82) is 0 Å². The number of anilines is 1. The number of amides is 1. The summed E-state index contributed by atoms with van der Waals surface area (Å²) in [6, 6.07) is 20.4. The first-order chi connectivity index (χ1) is 25.8. The molecule has 1 atom stereocenters. The van der Waals surface area contributed by atoms with Gasteiger partial charge in [0, 0.05) is 63.0 Å². The van der Waals surface area contributed by atoms with Gasteiger partial charge >= 0.3 is 7.60 Å². The number of aliphatic hydroxyl groups excluding tert-OH is 1. The van der Waals surface area contributed by atoms with Crippen molar-refractivity contribution in [3.05, 3.63) is 102 Å². The zero-order chi connectivity index (χ0) is 37.7. The van der Waals surface area contributed by atoms with Crippen molar-refractivity contribution in [2.45, 2.75) is 52.6 Å². The van der Waals surface area contributed by atoms with Gasteiger partial charge in [-0.3, -0.25) is 14.4 Å². The number of fused-ring (bicyclic) bond motifs is 2. The van der Waals surface area contributed by atoms with Crippen molar-refractivity contribution < 1.29 is 28.3 Å². The summed E-state index contributed by atoms with van der Waals surface area (Å²) in [7, 11) is -3.03. The largest absolute Gasteiger partial charge is 0.490 e. The molecule has 1 amide bonds. The van der Waals surface area contributed by atoms with E-state index in [0.29, 0.717) is 64.9 Å². The van der Waals surface area contributed by atoms with Crippen LogP contribution in [-0.2, 0) is 24.8 Å². The topological polar surface area (TPSA) is 122 Å². The van der Waals surface area contributed by atoms with E-state index in [9.17, 15) is 14.5 Å². The highest BCUT2D eigenvalue weighted by atomic mass is 31.2. The lowest BCUT2D eigenvalue weighted by Gasteiger charge is -2.31. The Labute approximate surface area is 315 Å². The standard InChI is InChI=1S/C42H57N4O6P/c1-4-12-34(22-25-43-24-11-30-53(49,51-5-2)52-6-3)18-19-35-20-21-40-37(31-35)15-10-28-46(40)29-23-42(48)45-27-26-44-32-38(47)33-50-41-17-9-14-36-13-7-8-16-39(36)41/h4,7-9,12-14,16-22,25,31,38,44,47H,5-6,10-11,15,23-24,26-30,32-33H2,1-3H3,(H,45,48)/b12-4-,19-18?,34-22+,43-25+. The van der Waals surface area contributed by atoms with Crippen LogP contribution in [0.1, 0.15) is 51.2 Å². The molecule has 4 rings (SSSR count). The molecule has 53 heavy (non-hydrogen) atoms. The lowest BCUT2D eigenvalue weighted by Crippen LogP contribution is -2.38. The number of allylic oxidation sites excluding steroid dienone is 5. The van der Waals surface area contributed by atoms with E-state index in [1.807, 2.05) is 81.5 Å². The van der Waals surface area contributed by atoms with Gasteiger partial charge in [0.05, 0.1) is 19.4 Å². The first kappa shape index (κ1) is 41.7. The van der Waals surface area contributed by atoms with Crippen LogP contribution in [-0.4, -0.2) is 88.6 Å². The first-order valence-electron chi connectivity index (χ1n) is 18.9. The number of carbonyl (C=O) groups excluding carboxylic acids is 1. The molecule has 11 heteroatoms. The third-order valence-electron chi connectivity index (χ3n) is 8.68. The Hall–Kier alpha value is -4.05. The van der Waals surface area contributed by atoms with E-state index >= 15 is 0 Å². The average Bonchev–Trinajstić information content (AvgIpc) is 3.16. The van der Waals surface area contributed by atoms with E-state index in [0.717, 1.165) is 47.0 Å². The highest BCUT2D eigenvalue weighted by Gasteiger charge is 2.22. The van der Waals surface area contributed by atoms with Crippen molar-refractivity contribution in [1.82, 2.24) is 10.6 Å². The van der Waals surface area contributed by atoms with E-state index < -0.39 is 13.7 Å². The van der Waals surface area contributed by atoms with Gasteiger partial charge in [0.1, 0.15) is 18.5 Å². The van der Waals surface area contributed by atoms with Crippen molar-refractivity contribution in [2.75, 3.05) is 70.2 Å². The van der Waals surface area contributed by atoms with Crippen LogP contribution in [0.2, 0.25) is 0 Å². The molecule has 1 unspecified atom stereocenters. The number of ether oxygens (including phenoxy) is 1. The second kappa shape index (κ2) is 22.9. The van der Waals surface area contributed by atoms with Gasteiger partial charge in [-0.15, -0.1) is 0 Å². The Morgan fingerprint density at radius 1 is 1.06 bits per heavy atom. The molecule has 0 spiro atoms. The number of hydrogen-bond donors (Lipinski definition) is 3. The molecule has 0 radical (unpaired) electrons. The molecule has 0 fully saturated rings. The van der Waals surface area contributed by atoms with E-state index in [2.05, 4.69) is 50.9 Å². The second-order valence-corrected chi connectivity index (χ2v) is 15.0. The highest BCUT2D eigenvalue weighted by molar-refractivity contribution is 7.53. The summed E-state index contributed by atoms with van der Waals surface area (Å²) in [6.45, 7) is 10.1. The van der Waals surface area contributed by atoms with Gasteiger partial charge in [-0.2, -0.15) is 0 Å². The van der Waals surface area contributed by atoms with E-state index in [1.54, 1.807) is 6.21 Å². The normalized spacial score (nSPS) is 14.4. The molecule has 0 saturated heterocycles. The fourth-order valence-corrected chi connectivity index (χ4v) is 7.81. The molecule has 0 aromatic heterocycles. The van der Waals surface area contributed by atoms with E-state index in [-0.39, 0.29) is 12.5 Å². The summed E-state index contributed by atoms with van der Waals surface area (Å²) in [4.78, 5) is 19.4. The van der Waals surface area contributed by atoms with Gasteiger partial charge in [0.25, 0.3) is 0 Å². The van der Waals surface area contributed by atoms with Crippen LogP contribution in [0.5, 0.6) is 5.75 Å². The maximum Gasteiger partial charge on any atom is 0.330 e. The lowest BCUT2D eigenvalue weighted by molar-refractivity contribution is -0.120. The third kappa shape index (κ3) is 14.4. The molecule has 3 aromatic rings. The summed E-state index contributed by atoms with van der Waals surface area (Å²) in [5, 5.41) is 18.7. The van der Waals surface area contributed by atoms with Gasteiger partial charge in [-0.25, -0.2) is 0 Å². The molecule has 0 saturated carbocycles. The summed E-state index contributed by atoms with van der Waals surface area (Å²) in [5.41, 5.74) is 4.63. The minimum atomic E-state index is -3.03. The number of hydrogen-bond acceptors (Lipinski definition) is 9. The molecule has 3 aromatic carbocycles. The van der Waals surface area contributed by atoms with Crippen molar-refractivity contribution in [3.63, 3.8) is 0 Å². The SMILES string of the molecule is C\C=C/C(C=Cc1ccc2c(c1)CCCN2CCC(=O)NCCNCC(O)COc1cccc2ccccc12)=C\C=N\CCCP(=O)(OCC)OCC. The number of rotatable bonds is 23. The van der Waals surface area contributed by atoms with Crippen LogP contribution in [0, 0.1) is 0 Å². The Balaban J connectivity index is 1.16. The molecule has 1 heterocycles. The van der Waals surface area contributed by atoms with E-state index in [4.69, 9.17) is 13.8 Å². The van der Waals surface area contributed by atoms with Crippen LogP contribution in [0.15, 0.2) is 95.5 Å². The summed E-state index contributed by atoms with van der Waals surface area (Å²) < 4.78 is 29.2. The molecular formula is C42H57N4O6P. The van der Waals surface area contributed by atoms with Gasteiger partial charge in [0.15, 0.2) is 0 Å². The number of nitrogens with zero attached hydrogens (tertiary/aromatic N) is 2. The molecule has 1 aliphatic rings. The predicted octanol–water partition coefficient (Wildman–Crippen LogP) is 7.37. The average molecular weight is 745 g/mol. The summed E-state index contributed by atoms with van der Waals surface area (Å²) in [6.07, 6.45) is 14.8. The van der Waals surface area contributed by atoms with Crippen LogP contribution < -0.4 is 20.3 Å². The second-order valence-electron chi connectivity index (χ2n) is 12.8. The maximum absolute atomic E-state index is 12.6. The molecular weight excluding hydrogens is 687 g/mol. The Kier molecular flexibility index (Phi) is 18.0. The van der Waals surface area contributed by atoms with Crippen LogP contribution >= 0.6 is 7.60 Å². The minimum absolute atomic E-state index is 0.0150. The Morgan fingerprint density at radius 2 is 1.87 bits per heavy atom. The number of carbonyl (C=O) groups is 1. The number of nitrogens with one attached hydrogen (secondary N) is 2. The zero-order valence-electron chi connectivity index (χ0n) is 31.5. The molecule has 0 aliphatic carbocycles. The zero-order valence-corrected chi connectivity index (χ0v) is 32.4. The van der Waals surface area contributed by atoms with Gasteiger partial charge in [-0.05, 0) is 86.4 Å². The monoisotopic (exact) mass is 744 g/mol. The quantitative estimate of drug-likeness (QED) is 0.0399. The van der Waals surface area contributed by atoms with E-state index in [1.165, 1.54) is 11.3 Å².